The molecule has 0 spiro atoms. The normalized spacial score (nSPS) is 14.9. The first-order chi connectivity index (χ1) is 15.1. The number of nitrogens with zero attached hydrogens (tertiary/aromatic N) is 3. The highest BCUT2D eigenvalue weighted by atomic mass is 35.5. The Labute approximate surface area is 193 Å². The van der Waals surface area contributed by atoms with Crippen molar-refractivity contribution in [3.8, 4) is 0 Å². The molecule has 32 heavy (non-hydrogen) atoms. The van der Waals surface area contributed by atoms with Gasteiger partial charge in [0, 0.05) is 42.7 Å². The Hall–Kier alpha value is -2.25. The van der Waals surface area contributed by atoms with Crippen molar-refractivity contribution in [3.63, 3.8) is 0 Å². The molecule has 0 atom stereocenters. The van der Waals surface area contributed by atoms with E-state index in [1.54, 1.807) is 41.6 Å². The Bertz CT molecular complexity index is 1200. The van der Waals surface area contributed by atoms with Gasteiger partial charge in [0.1, 0.15) is 11.3 Å². The van der Waals surface area contributed by atoms with E-state index in [0.717, 1.165) is 25.3 Å². The minimum Gasteiger partial charge on any atom is -0.339 e. The highest BCUT2D eigenvalue weighted by molar-refractivity contribution is 6.38. The van der Waals surface area contributed by atoms with E-state index in [1.165, 1.54) is 0 Å². The predicted octanol–water partition coefficient (Wildman–Crippen LogP) is 6.42. The van der Waals surface area contributed by atoms with E-state index in [2.05, 4.69) is 4.98 Å². The fraction of sp³-hybridized carbons (Fsp3) is 0.391. The molecule has 1 fully saturated rings. The largest absolute Gasteiger partial charge is 0.433 e. The minimum absolute atomic E-state index is 0.128. The Balaban J connectivity index is 1.73. The van der Waals surface area contributed by atoms with Gasteiger partial charge >= 0.3 is 6.18 Å². The maximum Gasteiger partial charge on any atom is 0.433 e. The van der Waals surface area contributed by atoms with Crippen LogP contribution in [0.25, 0.3) is 11.0 Å². The zero-order chi connectivity index (χ0) is 23.2. The Kier molecular flexibility index (Phi) is 6.16. The number of alkyl halides is 3. The van der Waals surface area contributed by atoms with Gasteiger partial charge < -0.3 is 9.47 Å². The number of fused-ring (bicyclic) bond motifs is 1. The minimum atomic E-state index is -4.53. The van der Waals surface area contributed by atoms with E-state index >= 15 is 0 Å². The van der Waals surface area contributed by atoms with Crippen molar-refractivity contribution in [1.29, 1.82) is 0 Å². The molecule has 170 valence electrons. The molecule has 9 heteroatoms. The van der Waals surface area contributed by atoms with Crippen molar-refractivity contribution >= 4 is 40.1 Å². The van der Waals surface area contributed by atoms with Crippen LogP contribution in [0.3, 0.4) is 0 Å². The number of aryl methyl sites for hydroxylation is 2. The number of likely N-dealkylation sites (tertiary alicyclic amines) is 1. The number of halogens is 5. The van der Waals surface area contributed by atoms with Crippen LogP contribution in [0.2, 0.25) is 10.0 Å². The summed E-state index contributed by atoms with van der Waals surface area (Å²) >= 11 is 13.1. The number of aromatic nitrogens is 2. The van der Waals surface area contributed by atoms with Crippen molar-refractivity contribution in [1.82, 2.24) is 14.5 Å². The molecule has 4 rings (SSSR count). The standard InChI is InChI=1S/C23H22Cl2F3N3O/c1-13-10-19(23(26,27)28)29-21-16(13)11-14(30(21)2)12-17-18(24)7-6-15(20(17)25)22(32)31-8-4-3-5-9-31/h6-7,10-11H,3-5,8-9,12H2,1-2H3. The first-order valence-electron chi connectivity index (χ1n) is 10.4. The van der Waals surface area contributed by atoms with Crippen molar-refractivity contribution in [2.75, 3.05) is 13.1 Å². The smallest absolute Gasteiger partial charge is 0.339 e. The molecule has 1 amide bonds. The van der Waals surface area contributed by atoms with Crippen LogP contribution in [0.15, 0.2) is 24.3 Å². The predicted molar refractivity (Wildman–Crippen MR) is 119 cm³/mol. The van der Waals surface area contributed by atoms with Gasteiger partial charge in [0.15, 0.2) is 0 Å². The molecule has 1 aliphatic heterocycles. The highest BCUT2D eigenvalue weighted by Crippen LogP contribution is 2.35. The van der Waals surface area contributed by atoms with Gasteiger partial charge in [0.2, 0.25) is 0 Å². The van der Waals surface area contributed by atoms with Crippen LogP contribution in [-0.4, -0.2) is 33.4 Å². The zero-order valence-electron chi connectivity index (χ0n) is 17.7. The van der Waals surface area contributed by atoms with Crippen LogP contribution >= 0.6 is 23.2 Å². The third-order valence-electron chi connectivity index (χ3n) is 6.01. The molecule has 0 aliphatic carbocycles. The maximum absolute atomic E-state index is 13.2. The summed E-state index contributed by atoms with van der Waals surface area (Å²) in [7, 11) is 1.66. The maximum atomic E-state index is 13.2. The van der Waals surface area contributed by atoms with Crippen molar-refractivity contribution in [2.24, 2.45) is 7.05 Å². The third kappa shape index (κ3) is 4.20. The van der Waals surface area contributed by atoms with Gasteiger partial charge in [-0.2, -0.15) is 13.2 Å². The quantitative estimate of drug-likeness (QED) is 0.430. The SMILES string of the molecule is Cc1cc(C(F)(F)F)nc2c1cc(Cc1c(Cl)ccc(C(=O)N3CCCCC3)c1Cl)n2C. The van der Waals surface area contributed by atoms with E-state index < -0.39 is 11.9 Å². The number of benzene rings is 1. The lowest BCUT2D eigenvalue weighted by Crippen LogP contribution is -2.35. The van der Waals surface area contributed by atoms with Gasteiger partial charge in [-0.1, -0.05) is 23.2 Å². The van der Waals surface area contributed by atoms with Crippen LogP contribution < -0.4 is 0 Å². The second-order valence-electron chi connectivity index (χ2n) is 8.17. The lowest BCUT2D eigenvalue weighted by molar-refractivity contribution is -0.141. The summed E-state index contributed by atoms with van der Waals surface area (Å²) in [5.74, 6) is -0.128. The lowest BCUT2D eigenvalue weighted by atomic mass is 10.0. The Morgan fingerprint density at radius 3 is 2.47 bits per heavy atom. The van der Waals surface area contributed by atoms with Gasteiger partial charge in [0.05, 0.1) is 10.6 Å². The van der Waals surface area contributed by atoms with Crippen molar-refractivity contribution in [3.05, 3.63) is 62.4 Å². The monoisotopic (exact) mass is 483 g/mol. The molecule has 0 bridgehead atoms. The number of carbonyl (C=O) groups is 1. The first-order valence-corrected chi connectivity index (χ1v) is 11.1. The van der Waals surface area contributed by atoms with E-state index in [9.17, 15) is 18.0 Å². The number of rotatable bonds is 3. The van der Waals surface area contributed by atoms with Gasteiger partial charge in [-0.25, -0.2) is 4.98 Å². The lowest BCUT2D eigenvalue weighted by Gasteiger charge is -2.27. The summed E-state index contributed by atoms with van der Waals surface area (Å²) in [6.45, 7) is 3.02. The average Bonchev–Trinajstić information content (AvgIpc) is 3.07. The first kappa shape index (κ1) is 22.9. The van der Waals surface area contributed by atoms with Crippen LogP contribution in [0.1, 0.15) is 52.1 Å². The number of piperidine rings is 1. The average molecular weight is 484 g/mol. The molecule has 1 aromatic carbocycles. The molecule has 1 saturated heterocycles. The number of hydrogen-bond acceptors (Lipinski definition) is 2. The third-order valence-corrected chi connectivity index (χ3v) is 6.80. The second-order valence-corrected chi connectivity index (χ2v) is 8.96. The van der Waals surface area contributed by atoms with Gasteiger partial charge in [-0.05, 0) is 61.6 Å². The number of amides is 1. The fourth-order valence-electron chi connectivity index (χ4n) is 4.19. The summed E-state index contributed by atoms with van der Waals surface area (Å²) in [5, 5.41) is 1.30. The second kappa shape index (κ2) is 8.60. The molecule has 0 N–H and O–H groups in total. The van der Waals surface area contributed by atoms with E-state index in [4.69, 9.17) is 23.2 Å². The summed E-state index contributed by atoms with van der Waals surface area (Å²) in [6.07, 6.45) is -1.24. The van der Waals surface area contributed by atoms with Gasteiger partial charge in [0.25, 0.3) is 5.91 Å². The van der Waals surface area contributed by atoms with Crippen molar-refractivity contribution < 1.29 is 18.0 Å². The number of hydrogen-bond donors (Lipinski definition) is 0. The zero-order valence-corrected chi connectivity index (χ0v) is 19.2. The molecule has 4 nitrogen and oxygen atoms in total. The molecule has 0 radical (unpaired) electrons. The molecule has 0 saturated carbocycles. The van der Waals surface area contributed by atoms with Crippen LogP contribution in [0.4, 0.5) is 13.2 Å². The van der Waals surface area contributed by atoms with Gasteiger partial charge in [-0.15, -0.1) is 0 Å². The molecule has 3 heterocycles. The molecular weight excluding hydrogens is 462 g/mol. The number of carbonyl (C=O) groups excluding carboxylic acids is 1. The van der Waals surface area contributed by atoms with Gasteiger partial charge in [-0.3, -0.25) is 4.79 Å². The van der Waals surface area contributed by atoms with Crippen LogP contribution in [-0.2, 0) is 19.6 Å². The van der Waals surface area contributed by atoms with E-state index in [-0.39, 0.29) is 23.0 Å². The van der Waals surface area contributed by atoms with Crippen LogP contribution in [0.5, 0.6) is 0 Å². The summed E-state index contributed by atoms with van der Waals surface area (Å²) in [6, 6.07) is 6.12. The van der Waals surface area contributed by atoms with Crippen molar-refractivity contribution in [2.45, 2.75) is 38.8 Å². The fourth-order valence-corrected chi connectivity index (χ4v) is 4.77. The molecule has 0 unspecified atom stereocenters. The molecule has 1 aliphatic rings. The summed E-state index contributed by atoms with van der Waals surface area (Å²) in [5.41, 5.74) is 1.44. The van der Waals surface area contributed by atoms with Crippen LogP contribution in [0, 0.1) is 6.92 Å². The number of pyridine rings is 1. The Morgan fingerprint density at radius 2 is 1.81 bits per heavy atom. The highest BCUT2D eigenvalue weighted by Gasteiger charge is 2.33. The van der Waals surface area contributed by atoms with E-state index in [1.807, 2.05) is 0 Å². The molecular formula is C23H22Cl2F3N3O. The van der Waals surface area contributed by atoms with E-state index in [0.29, 0.717) is 45.9 Å². The summed E-state index contributed by atoms with van der Waals surface area (Å²) in [4.78, 5) is 18.6. The summed E-state index contributed by atoms with van der Waals surface area (Å²) < 4.78 is 41.3. The molecule has 3 aromatic rings. The molecule has 2 aromatic heterocycles. The Morgan fingerprint density at radius 1 is 1.12 bits per heavy atom. The topological polar surface area (TPSA) is 38.1 Å².